The molecule has 0 amide bonds. The molecule has 162 valence electrons. The zero-order valence-electron chi connectivity index (χ0n) is 16.4. The second kappa shape index (κ2) is 8.83. The van der Waals surface area contributed by atoms with Crippen LogP contribution in [-0.2, 0) is 16.6 Å². The number of ether oxygens (including phenoxy) is 1. The molecule has 1 N–H and O–H groups in total. The number of rotatable bonds is 8. The SMILES string of the molecule is CNCCS(=O)(=O)N(Cc1ccc(OC(F)(F)F)cc1)c1sc2ccccc2c1C. The van der Waals surface area contributed by atoms with E-state index in [2.05, 4.69) is 10.1 Å². The topological polar surface area (TPSA) is 58.6 Å². The van der Waals surface area contributed by atoms with Crippen LogP contribution in [0.1, 0.15) is 11.1 Å². The van der Waals surface area contributed by atoms with Crippen molar-refractivity contribution >= 4 is 36.4 Å². The van der Waals surface area contributed by atoms with Crippen molar-refractivity contribution < 1.29 is 26.3 Å². The first kappa shape index (κ1) is 22.4. The van der Waals surface area contributed by atoms with E-state index in [9.17, 15) is 21.6 Å². The minimum Gasteiger partial charge on any atom is -0.406 e. The number of alkyl halides is 3. The Bertz CT molecular complexity index is 1110. The summed E-state index contributed by atoms with van der Waals surface area (Å²) in [4.78, 5) is 0. The second-order valence-corrected chi connectivity index (χ2v) is 9.69. The largest absolute Gasteiger partial charge is 0.573 e. The van der Waals surface area contributed by atoms with E-state index >= 15 is 0 Å². The Labute approximate surface area is 177 Å². The molecular weight excluding hydrogens is 437 g/mol. The molecule has 5 nitrogen and oxygen atoms in total. The molecule has 10 heteroatoms. The van der Waals surface area contributed by atoms with E-state index in [0.717, 1.165) is 15.6 Å². The van der Waals surface area contributed by atoms with E-state index in [1.165, 1.54) is 39.9 Å². The van der Waals surface area contributed by atoms with Crippen LogP contribution in [0.2, 0.25) is 0 Å². The lowest BCUT2D eigenvalue weighted by atomic mass is 10.2. The Morgan fingerprint density at radius 3 is 2.37 bits per heavy atom. The molecular formula is C20H21F3N2O3S2. The van der Waals surface area contributed by atoms with Crippen molar-refractivity contribution in [1.82, 2.24) is 5.32 Å². The maximum absolute atomic E-state index is 13.1. The van der Waals surface area contributed by atoms with E-state index in [1.54, 1.807) is 7.05 Å². The summed E-state index contributed by atoms with van der Waals surface area (Å²) in [6.07, 6.45) is -4.78. The third kappa shape index (κ3) is 5.24. The normalized spacial score (nSPS) is 12.3. The first-order chi connectivity index (χ1) is 14.1. The van der Waals surface area contributed by atoms with Crippen LogP contribution >= 0.6 is 11.3 Å². The Morgan fingerprint density at radius 1 is 1.10 bits per heavy atom. The molecule has 30 heavy (non-hydrogen) atoms. The summed E-state index contributed by atoms with van der Waals surface area (Å²) in [5, 5.41) is 4.41. The zero-order chi connectivity index (χ0) is 21.9. The van der Waals surface area contributed by atoms with Gasteiger partial charge in [0.15, 0.2) is 0 Å². The van der Waals surface area contributed by atoms with Crippen LogP contribution in [0.15, 0.2) is 48.5 Å². The maximum atomic E-state index is 13.1. The molecule has 0 saturated heterocycles. The fourth-order valence-electron chi connectivity index (χ4n) is 3.00. The molecule has 0 aliphatic carbocycles. The van der Waals surface area contributed by atoms with E-state index in [4.69, 9.17) is 0 Å². The molecule has 2 aromatic carbocycles. The van der Waals surface area contributed by atoms with Gasteiger partial charge in [-0.3, -0.25) is 4.31 Å². The molecule has 1 aromatic heterocycles. The van der Waals surface area contributed by atoms with Gasteiger partial charge < -0.3 is 10.1 Å². The van der Waals surface area contributed by atoms with E-state index in [-0.39, 0.29) is 24.6 Å². The van der Waals surface area contributed by atoms with Crippen LogP contribution in [0, 0.1) is 6.92 Å². The maximum Gasteiger partial charge on any atom is 0.573 e. The Kier molecular flexibility index (Phi) is 6.59. The third-order valence-corrected chi connectivity index (χ3v) is 7.59. The van der Waals surface area contributed by atoms with Gasteiger partial charge in [0.05, 0.1) is 12.3 Å². The van der Waals surface area contributed by atoms with Crippen LogP contribution < -0.4 is 14.4 Å². The molecule has 3 aromatic rings. The summed E-state index contributed by atoms with van der Waals surface area (Å²) < 4.78 is 69.5. The quantitative estimate of drug-likeness (QED) is 0.533. The lowest BCUT2D eigenvalue weighted by molar-refractivity contribution is -0.274. The number of hydrogen-bond acceptors (Lipinski definition) is 5. The van der Waals surface area contributed by atoms with Gasteiger partial charge in [-0.1, -0.05) is 30.3 Å². The highest BCUT2D eigenvalue weighted by Gasteiger charge is 2.31. The van der Waals surface area contributed by atoms with E-state index < -0.39 is 16.4 Å². The number of sulfonamides is 1. The van der Waals surface area contributed by atoms with Gasteiger partial charge in [-0.05, 0) is 48.7 Å². The zero-order valence-corrected chi connectivity index (χ0v) is 18.0. The fourth-order valence-corrected chi connectivity index (χ4v) is 5.99. The molecule has 0 bridgehead atoms. The number of anilines is 1. The van der Waals surface area contributed by atoms with Crippen molar-refractivity contribution in [3.8, 4) is 5.75 Å². The summed E-state index contributed by atoms with van der Waals surface area (Å²) in [6, 6.07) is 12.9. The number of nitrogens with zero attached hydrogens (tertiary/aromatic N) is 1. The minimum absolute atomic E-state index is 0.00596. The Hall–Kier alpha value is -2.30. The number of thiophene rings is 1. The van der Waals surface area contributed by atoms with Crippen LogP contribution in [0.25, 0.3) is 10.1 Å². The van der Waals surface area contributed by atoms with E-state index in [1.807, 2.05) is 31.2 Å². The number of aryl methyl sites for hydroxylation is 1. The van der Waals surface area contributed by atoms with Gasteiger partial charge in [0.2, 0.25) is 10.0 Å². The first-order valence-corrected chi connectivity index (χ1v) is 11.5. The van der Waals surface area contributed by atoms with Gasteiger partial charge in [-0.15, -0.1) is 24.5 Å². The lowest BCUT2D eigenvalue weighted by Gasteiger charge is -2.24. The summed E-state index contributed by atoms with van der Waals surface area (Å²) in [6.45, 7) is 2.15. The van der Waals surface area contributed by atoms with Gasteiger partial charge in [0, 0.05) is 11.2 Å². The van der Waals surface area contributed by atoms with Crippen molar-refractivity contribution in [2.75, 3.05) is 23.7 Å². The van der Waals surface area contributed by atoms with Crippen LogP contribution in [0.4, 0.5) is 18.2 Å². The Balaban J connectivity index is 1.97. The molecule has 0 fully saturated rings. The minimum atomic E-state index is -4.78. The molecule has 0 aliphatic rings. The third-order valence-electron chi connectivity index (χ3n) is 4.47. The first-order valence-electron chi connectivity index (χ1n) is 9.08. The second-order valence-electron chi connectivity index (χ2n) is 6.65. The highest BCUT2D eigenvalue weighted by Crippen LogP contribution is 2.39. The van der Waals surface area contributed by atoms with Crippen molar-refractivity contribution in [2.24, 2.45) is 0 Å². The van der Waals surface area contributed by atoms with Gasteiger partial charge in [0.25, 0.3) is 0 Å². The lowest BCUT2D eigenvalue weighted by Crippen LogP contribution is -2.35. The molecule has 3 rings (SSSR count). The van der Waals surface area contributed by atoms with Gasteiger partial charge in [-0.25, -0.2) is 8.42 Å². The smallest absolute Gasteiger partial charge is 0.406 e. The van der Waals surface area contributed by atoms with Gasteiger partial charge >= 0.3 is 6.36 Å². The highest BCUT2D eigenvalue weighted by atomic mass is 32.2. The van der Waals surface area contributed by atoms with Gasteiger partial charge in [0.1, 0.15) is 10.8 Å². The van der Waals surface area contributed by atoms with Crippen LogP contribution in [0.3, 0.4) is 0 Å². The molecule has 0 radical (unpaired) electrons. The number of nitrogens with one attached hydrogen (secondary N) is 1. The van der Waals surface area contributed by atoms with Crippen molar-refractivity contribution in [2.45, 2.75) is 19.8 Å². The predicted molar refractivity (Wildman–Crippen MR) is 114 cm³/mol. The highest BCUT2D eigenvalue weighted by molar-refractivity contribution is 7.93. The monoisotopic (exact) mass is 458 g/mol. The summed E-state index contributed by atoms with van der Waals surface area (Å²) >= 11 is 1.38. The number of hydrogen-bond donors (Lipinski definition) is 1. The van der Waals surface area contributed by atoms with Crippen LogP contribution in [0.5, 0.6) is 5.75 Å². The van der Waals surface area contributed by atoms with Crippen LogP contribution in [-0.4, -0.2) is 34.1 Å². The van der Waals surface area contributed by atoms with Crippen molar-refractivity contribution in [3.63, 3.8) is 0 Å². The van der Waals surface area contributed by atoms with Crippen molar-refractivity contribution in [1.29, 1.82) is 0 Å². The fraction of sp³-hybridized carbons (Fsp3) is 0.300. The molecule has 0 spiro atoms. The van der Waals surface area contributed by atoms with Crippen molar-refractivity contribution in [3.05, 3.63) is 59.7 Å². The summed E-state index contributed by atoms with van der Waals surface area (Å²) in [7, 11) is -2.00. The standard InChI is InChI=1S/C20H21F3N2O3S2/c1-14-17-5-3-4-6-18(17)29-19(14)25(30(26,27)12-11-24-2)13-15-7-9-16(10-8-15)28-20(21,22)23/h3-10,24H,11-13H2,1-2H3. The summed E-state index contributed by atoms with van der Waals surface area (Å²) in [5.74, 6) is -0.458. The predicted octanol–water partition coefficient (Wildman–Crippen LogP) is 4.66. The average Bonchev–Trinajstić information content (AvgIpc) is 3.01. The average molecular weight is 459 g/mol. The molecule has 0 atom stereocenters. The summed E-state index contributed by atoms with van der Waals surface area (Å²) in [5.41, 5.74) is 1.40. The molecule has 0 aliphatic heterocycles. The molecule has 0 saturated carbocycles. The number of fused-ring (bicyclic) bond motifs is 1. The molecule has 1 heterocycles. The number of halogens is 3. The number of benzene rings is 2. The molecule has 0 unspecified atom stereocenters. The van der Waals surface area contributed by atoms with Gasteiger partial charge in [-0.2, -0.15) is 0 Å². The van der Waals surface area contributed by atoms with E-state index in [0.29, 0.717) is 10.6 Å². The Morgan fingerprint density at radius 2 is 1.77 bits per heavy atom.